The zero-order valence-corrected chi connectivity index (χ0v) is 12.7. The Bertz CT molecular complexity index is 575. The van der Waals surface area contributed by atoms with Crippen molar-refractivity contribution in [2.75, 3.05) is 0 Å². The molecule has 1 atom stereocenters. The minimum absolute atomic E-state index is 0.275. The number of benzene rings is 1. The van der Waals surface area contributed by atoms with Crippen molar-refractivity contribution >= 4 is 13.4 Å². The lowest BCUT2D eigenvalue weighted by molar-refractivity contribution is -0.124. The molecule has 1 rings (SSSR count). The van der Waals surface area contributed by atoms with Crippen molar-refractivity contribution in [3.05, 3.63) is 35.9 Å². The third-order valence-electron chi connectivity index (χ3n) is 3.19. The van der Waals surface area contributed by atoms with Gasteiger partial charge in [-0.3, -0.25) is 9.36 Å². The third-order valence-corrected chi connectivity index (χ3v) is 4.87. The van der Waals surface area contributed by atoms with Gasteiger partial charge in [0.1, 0.15) is 5.16 Å². The van der Waals surface area contributed by atoms with E-state index in [1.54, 1.807) is 6.92 Å². The number of carbonyl (C=O) groups excluding carboxylic acids is 1. The molecule has 0 saturated carbocycles. The van der Waals surface area contributed by atoms with Crippen LogP contribution in [0.4, 0.5) is 0 Å². The van der Waals surface area contributed by atoms with Gasteiger partial charge in [0, 0.05) is 17.9 Å². The van der Waals surface area contributed by atoms with Gasteiger partial charge in [-0.05, 0) is 26.0 Å². The number of carbonyl (C=O) groups is 1. The zero-order chi connectivity index (χ0) is 15.4. The molecule has 5 heteroatoms. The number of ketones is 1. The average molecular weight is 294 g/mol. The van der Waals surface area contributed by atoms with Gasteiger partial charge in [0.25, 0.3) is 0 Å². The molecule has 0 saturated heterocycles. The summed E-state index contributed by atoms with van der Waals surface area (Å²) < 4.78 is 11.3. The zero-order valence-electron chi connectivity index (χ0n) is 11.8. The molecule has 0 unspecified atom stereocenters. The van der Waals surface area contributed by atoms with Gasteiger partial charge >= 0.3 is 7.60 Å². The summed E-state index contributed by atoms with van der Waals surface area (Å²) in [4.78, 5) is 30.5. The van der Waals surface area contributed by atoms with Crippen LogP contribution in [0, 0.1) is 17.8 Å². The van der Waals surface area contributed by atoms with Crippen LogP contribution in [0.5, 0.6) is 0 Å². The van der Waals surface area contributed by atoms with Crippen LogP contribution >= 0.6 is 7.60 Å². The monoisotopic (exact) mass is 294 g/mol. The first-order chi connectivity index (χ1) is 9.16. The second-order valence-corrected chi connectivity index (χ2v) is 7.45. The molecule has 2 N–H and O–H groups in total. The van der Waals surface area contributed by atoms with E-state index >= 15 is 0 Å². The highest BCUT2D eigenvalue weighted by Gasteiger charge is 2.45. The molecule has 0 aromatic heterocycles. The SMILES string of the molecule is C[C@@H](CC#Cc1ccccc1)C(=O)C(C)(C)P(=O)(O)O. The maximum Gasteiger partial charge on any atom is 0.338 e. The summed E-state index contributed by atoms with van der Waals surface area (Å²) in [5.74, 6) is 4.82. The van der Waals surface area contributed by atoms with Crippen LogP contribution in [0.2, 0.25) is 0 Å². The second kappa shape index (κ2) is 6.37. The fourth-order valence-electron chi connectivity index (χ4n) is 1.67. The molecule has 0 fully saturated rings. The molecule has 0 heterocycles. The van der Waals surface area contributed by atoms with Crippen LogP contribution in [0.1, 0.15) is 32.8 Å². The molecular formula is C15H19O4P. The van der Waals surface area contributed by atoms with Crippen LogP contribution in [-0.4, -0.2) is 20.7 Å². The first-order valence-corrected chi connectivity index (χ1v) is 7.91. The fraction of sp³-hybridized carbons (Fsp3) is 0.400. The topological polar surface area (TPSA) is 74.6 Å². The van der Waals surface area contributed by atoms with E-state index in [1.807, 2.05) is 30.3 Å². The van der Waals surface area contributed by atoms with Gasteiger partial charge in [0.2, 0.25) is 0 Å². The number of hydrogen-bond donors (Lipinski definition) is 2. The van der Waals surface area contributed by atoms with E-state index in [0.29, 0.717) is 0 Å². The predicted octanol–water partition coefficient (Wildman–Crippen LogP) is 2.59. The van der Waals surface area contributed by atoms with Gasteiger partial charge in [0.15, 0.2) is 5.78 Å². The summed E-state index contributed by atoms with van der Waals surface area (Å²) in [7, 11) is -4.47. The van der Waals surface area contributed by atoms with Gasteiger partial charge in [-0.15, -0.1) is 0 Å². The third kappa shape index (κ3) is 4.05. The van der Waals surface area contributed by atoms with Gasteiger partial charge in [-0.2, -0.15) is 0 Å². The summed E-state index contributed by atoms with van der Waals surface area (Å²) in [6, 6.07) is 9.35. The summed E-state index contributed by atoms with van der Waals surface area (Å²) in [6.45, 7) is 4.19. The highest BCUT2D eigenvalue weighted by Crippen LogP contribution is 2.51. The van der Waals surface area contributed by atoms with Crippen molar-refractivity contribution in [3.8, 4) is 11.8 Å². The molecule has 0 aliphatic carbocycles. The molecule has 1 aromatic rings. The summed E-state index contributed by atoms with van der Waals surface area (Å²) in [6.07, 6.45) is 0.275. The lowest BCUT2D eigenvalue weighted by atomic mass is 9.93. The van der Waals surface area contributed by atoms with Crippen molar-refractivity contribution in [1.82, 2.24) is 0 Å². The minimum Gasteiger partial charge on any atom is -0.324 e. The number of hydrogen-bond acceptors (Lipinski definition) is 2. The van der Waals surface area contributed by atoms with Crippen LogP contribution in [0.25, 0.3) is 0 Å². The summed E-state index contributed by atoms with van der Waals surface area (Å²) in [5, 5.41) is -1.67. The van der Waals surface area contributed by atoms with Crippen molar-refractivity contribution in [2.24, 2.45) is 5.92 Å². The molecule has 0 bridgehead atoms. The van der Waals surface area contributed by atoms with E-state index in [9.17, 15) is 19.1 Å². The van der Waals surface area contributed by atoms with Gasteiger partial charge in [-0.25, -0.2) is 0 Å². The van der Waals surface area contributed by atoms with Crippen LogP contribution in [0.15, 0.2) is 30.3 Å². The smallest absolute Gasteiger partial charge is 0.324 e. The minimum atomic E-state index is -4.47. The maximum absolute atomic E-state index is 12.1. The van der Waals surface area contributed by atoms with Crippen LogP contribution < -0.4 is 0 Å². The first kappa shape index (κ1) is 16.7. The summed E-state index contributed by atoms with van der Waals surface area (Å²) in [5.41, 5.74) is 0.849. The number of rotatable bonds is 4. The molecule has 0 aliphatic heterocycles. The Balaban J connectivity index is 2.74. The van der Waals surface area contributed by atoms with Crippen molar-refractivity contribution in [1.29, 1.82) is 0 Å². The van der Waals surface area contributed by atoms with Gasteiger partial charge < -0.3 is 9.79 Å². The molecule has 0 spiro atoms. The van der Waals surface area contributed by atoms with E-state index < -0.39 is 24.5 Å². The Morgan fingerprint density at radius 1 is 1.30 bits per heavy atom. The van der Waals surface area contributed by atoms with Crippen LogP contribution in [-0.2, 0) is 9.36 Å². The van der Waals surface area contributed by atoms with Crippen molar-refractivity contribution in [2.45, 2.75) is 32.3 Å². The lowest BCUT2D eigenvalue weighted by Crippen LogP contribution is -2.35. The Kier molecular flexibility index (Phi) is 5.30. The molecule has 20 heavy (non-hydrogen) atoms. The molecule has 0 aliphatic rings. The molecular weight excluding hydrogens is 275 g/mol. The van der Waals surface area contributed by atoms with E-state index in [4.69, 9.17) is 0 Å². The standard InChI is InChI=1S/C15H19O4P/c1-12(14(16)15(2,3)20(17,18)19)8-7-11-13-9-5-4-6-10-13/h4-6,9-10,12H,8H2,1-3H3,(H2,17,18,19)/t12-/m0/s1. The quantitative estimate of drug-likeness (QED) is 0.661. The Morgan fingerprint density at radius 2 is 1.85 bits per heavy atom. The van der Waals surface area contributed by atoms with Crippen molar-refractivity contribution in [3.63, 3.8) is 0 Å². The molecule has 0 radical (unpaired) electrons. The Morgan fingerprint density at radius 3 is 2.35 bits per heavy atom. The second-order valence-electron chi connectivity index (χ2n) is 5.24. The molecule has 108 valence electrons. The van der Waals surface area contributed by atoms with E-state index in [2.05, 4.69) is 11.8 Å². The Hall–Kier alpha value is -1.40. The Labute approximate surface area is 119 Å². The molecule has 4 nitrogen and oxygen atoms in total. The van der Waals surface area contributed by atoms with E-state index in [0.717, 1.165) is 5.56 Å². The average Bonchev–Trinajstić information content (AvgIpc) is 2.37. The van der Waals surface area contributed by atoms with E-state index in [-0.39, 0.29) is 6.42 Å². The van der Waals surface area contributed by atoms with Crippen molar-refractivity contribution < 1.29 is 19.1 Å². The highest BCUT2D eigenvalue weighted by molar-refractivity contribution is 7.54. The fourth-order valence-corrected chi connectivity index (χ4v) is 2.17. The lowest BCUT2D eigenvalue weighted by Gasteiger charge is -2.26. The number of Topliss-reactive ketones (excluding diaryl/α,β-unsaturated/α-hetero) is 1. The molecule has 1 aromatic carbocycles. The predicted molar refractivity (Wildman–Crippen MR) is 78.2 cm³/mol. The highest BCUT2D eigenvalue weighted by atomic mass is 31.2. The van der Waals surface area contributed by atoms with Gasteiger partial charge in [0.05, 0.1) is 0 Å². The normalized spacial score (nSPS) is 13.2. The van der Waals surface area contributed by atoms with Crippen LogP contribution in [0.3, 0.4) is 0 Å². The van der Waals surface area contributed by atoms with Gasteiger partial charge in [-0.1, -0.05) is 37.0 Å². The van der Waals surface area contributed by atoms with E-state index in [1.165, 1.54) is 13.8 Å². The molecule has 0 amide bonds. The summed E-state index contributed by atoms with van der Waals surface area (Å²) >= 11 is 0. The first-order valence-electron chi connectivity index (χ1n) is 6.30. The maximum atomic E-state index is 12.1. The largest absolute Gasteiger partial charge is 0.338 e.